The van der Waals surface area contributed by atoms with E-state index in [-0.39, 0.29) is 6.04 Å². The van der Waals surface area contributed by atoms with E-state index in [1.165, 1.54) is 0 Å². The van der Waals surface area contributed by atoms with Crippen molar-refractivity contribution in [2.45, 2.75) is 12.5 Å². The molecule has 0 fully saturated rings. The Morgan fingerprint density at radius 3 is 2.04 bits per heavy atom. The highest BCUT2D eigenvalue weighted by Crippen LogP contribution is 2.31. The Morgan fingerprint density at radius 1 is 0.786 bits per heavy atom. The fourth-order valence-electron chi connectivity index (χ4n) is 3.19. The van der Waals surface area contributed by atoms with Gasteiger partial charge < -0.3 is 10.7 Å². The van der Waals surface area contributed by atoms with Gasteiger partial charge in [-0.3, -0.25) is 0 Å². The Balaban J connectivity index is 1.70. The van der Waals surface area contributed by atoms with Crippen molar-refractivity contribution >= 4 is 23.2 Å². The molecule has 28 heavy (non-hydrogen) atoms. The van der Waals surface area contributed by atoms with Gasteiger partial charge in [-0.2, -0.15) is 0 Å². The predicted octanol–water partition coefficient (Wildman–Crippen LogP) is 6.29. The summed E-state index contributed by atoms with van der Waals surface area (Å²) in [6, 6.07) is 25.3. The highest BCUT2D eigenvalue weighted by molar-refractivity contribution is 6.30. The maximum atomic E-state index is 6.41. The highest BCUT2D eigenvalue weighted by atomic mass is 35.5. The van der Waals surface area contributed by atoms with Crippen LogP contribution in [0.25, 0.3) is 22.5 Å². The molecule has 3 aromatic carbocycles. The monoisotopic (exact) mass is 407 g/mol. The number of hydrogen-bond donors (Lipinski definition) is 2. The molecular formula is C23H19Cl2N3. The first-order valence-corrected chi connectivity index (χ1v) is 9.77. The molecule has 0 amide bonds. The van der Waals surface area contributed by atoms with Crippen molar-refractivity contribution in [2.24, 2.45) is 5.73 Å². The number of aromatic nitrogens is 2. The van der Waals surface area contributed by atoms with Crippen LogP contribution in [0.2, 0.25) is 10.0 Å². The molecule has 0 radical (unpaired) electrons. The molecule has 1 unspecified atom stereocenters. The summed E-state index contributed by atoms with van der Waals surface area (Å²) in [5.41, 5.74) is 11.4. The van der Waals surface area contributed by atoms with E-state index in [1.54, 1.807) is 0 Å². The Hall–Kier alpha value is -2.59. The lowest BCUT2D eigenvalue weighted by Crippen LogP contribution is -2.14. The smallest absolute Gasteiger partial charge is 0.109 e. The van der Waals surface area contributed by atoms with Gasteiger partial charge in [0.2, 0.25) is 0 Å². The van der Waals surface area contributed by atoms with E-state index < -0.39 is 0 Å². The number of imidazole rings is 1. The molecule has 1 heterocycles. The zero-order valence-corrected chi connectivity index (χ0v) is 16.6. The molecule has 5 heteroatoms. The summed E-state index contributed by atoms with van der Waals surface area (Å²) in [4.78, 5) is 8.34. The molecule has 140 valence electrons. The standard InChI is InChI=1S/C23H19Cl2N3/c24-18-10-6-15(7-11-18)20(26)14-21-27-22(16-4-2-1-3-5-16)23(28-21)17-8-12-19(25)13-9-17/h1-13,20H,14,26H2,(H,27,28). The van der Waals surface area contributed by atoms with Crippen molar-refractivity contribution in [3.63, 3.8) is 0 Å². The average molecular weight is 408 g/mol. The average Bonchev–Trinajstić information content (AvgIpc) is 3.13. The zero-order chi connectivity index (χ0) is 19.5. The first kappa shape index (κ1) is 18.8. The molecule has 0 aliphatic carbocycles. The van der Waals surface area contributed by atoms with Gasteiger partial charge >= 0.3 is 0 Å². The van der Waals surface area contributed by atoms with Gasteiger partial charge in [0.25, 0.3) is 0 Å². The minimum absolute atomic E-state index is 0.176. The number of nitrogens with two attached hydrogens (primary N) is 1. The molecule has 1 atom stereocenters. The number of benzene rings is 3. The van der Waals surface area contributed by atoms with E-state index in [1.807, 2.05) is 66.7 Å². The summed E-state index contributed by atoms with van der Waals surface area (Å²) in [5.74, 6) is 0.839. The lowest BCUT2D eigenvalue weighted by Gasteiger charge is -2.10. The molecule has 0 bridgehead atoms. The Bertz CT molecular complexity index is 1060. The highest BCUT2D eigenvalue weighted by Gasteiger charge is 2.16. The lowest BCUT2D eigenvalue weighted by atomic mass is 10.0. The van der Waals surface area contributed by atoms with E-state index >= 15 is 0 Å². The van der Waals surface area contributed by atoms with Gasteiger partial charge in [-0.05, 0) is 29.8 Å². The van der Waals surface area contributed by atoms with Crippen LogP contribution >= 0.6 is 23.2 Å². The summed E-state index contributed by atoms with van der Waals surface area (Å²) in [6.07, 6.45) is 0.592. The number of halogens is 2. The number of aromatic amines is 1. The molecule has 0 saturated carbocycles. The van der Waals surface area contributed by atoms with E-state index in [0.717, 1.165) is 33.9 Å². The van der Waals surface area contributed by atoms with Crippen LogP contribution in [-0.2, 0) is 6.42 Å². The van der Waals surface area contributed by atoms with E-state index in [9.17, 15) is 0 Å². The first-order valence-electron chi connectivity index (χ1n) is 9.01. The van der Waals surface area contributed by atoms with Crippen molar-refractivity contribution in [1.82, 2.24) is 9.97 Å². The number of H-pyrrole nitrogens is 1. The lowest BCUT2D eigenvalue weighted by molar-refractivity contribution is 0.695. The second-order valence-corrected chi connectivity index (χ2v) is 7.52. The van der Waals surface area contributed by atoms with Crippen LogP contribution in [0.4, 0.5) is 0 Å². The SMILES string of the molecule is NC(Cc1nc(-c2ccccc2)c(-c2ccc(Cl)cc2)[nH]1)c1ccc(Cl)cc1. The molecule has 0 aliphatic rings. The second kappa shape index (κ2) is 8.19. The Labute approximate surface area is 174 Å². The molecule has 3 nitrogen and oxygen atoms in total. The number of rotatable bonds is 5. The predicted molar refractivity (Wildman–Crippen MR) is 117 cm³/mol. The fourth-order valence-corrected chi connectivity index (χ4v) is 3.44. The van der Waals surface area contributed by atoms with Crippen LogP contribution in [0, 0.1) is 0 Å². The first-order chi connectivity index (χ1) is 13.6. The normalized spacial score (nSPS) is 12.1. The van der Waals surface area contributed by atoms with Gasteiger partial charge in [0, 0.05) is 33.6 Å². The van der Waals surface area contributed by atoms with Gasteiger partial charge in [0.1, 0.15) is 5.82 Å². The second-order valence-electron chi connectivity index (χ2n) is 6.64. The summed E-state index contributed by atoms with van der Waals surface area (Å²) in [5, 5.41) is 1.40. The quantitative estimate of drug-likeness (QED) is 0.408. The Kier molecular flexibility index (Phi) is 5.49. The summed E-state index contributed by atoms with van der Waals surface area (Å²) in [6.45, 7) is 0. The van der Waals surface area contributed by atoms with Crippen LogP contribution < -0.4 is 5.73 Å². The van der Waals surface area contributed by atoms with Crippen LogP contribution in [0.1, 0.15) is 17.4 Å². The van der Waals surface area contributed by atoms with E-state index in [0.29, 0.717) is 16.5 Å². The molecule has 0 saturated heterocycles. The van der Waals surface area contributed by atoms with Crippen molar-refractivity contribution < 1.29 is 0 Å². The van der Waals surface area contributed by atoms with Crippen LogP contribution in [0.3, 0.4) is 0 Å². The largest absolute Gasteiger partial charge is 0.341 e. The molecule has 3 N–H and O–H groups in total. The van der Waals surface area contributed by atoms with E-state index in [2.05, 4.69) is 17.1 Å². The number of nitrogens with zero attached hydrogens (tertiary/aromatic N) is 1. The van der Waals surface area contributed by atoms with Gasteiger partial charge in [-0.1, -0.05) is 77.8 Å². The summed E-state index contributed by atoms with van der Waals surface area (Å²) < 4.78 is 0. The summed E-state index contributed by atoms with van der Waals surface area (Å²) >= 11 is 12.0. The fraction of sp³-hybridized carbons (Fsp3) is 0.0870. The third kappa shape index (κ3) is 4.12. The maximum Gasteiger partial charge on any atom is 0.109 e. The topological polar surface area (TPSA) is 54.7 Å². The molecule has 4 rings (SSSR count). The van der Waals surface area contributed by atoms with Gasteiger partial charge in [0.05, 0.1) is 11.4 Å². The zero-order valence-electron chi connectivity index (χ0n) is 15.1. The van der Waals surface area contributed by atoms with Crippen LogP contribution in [-0.4, -0.2) is 9.97 Å². The Morgan fingerprint density at radius 2 is 1.39 bits per heavy atom. The van der Waals surface area contributed by atoms with Crippen LogP contribution in [0.15, 0.2) is 78.9 Å². The third-order valence-electron chi connectivity index (χ3n) is 4.64. The number of hydrogen-bond acceptors (Lipinski definition) is 2. The molecular weight excluding hydrogens is 389 g/mol. The minimum atomic E-state index is -0.176. The van der Waals surface area contributed by atoms with E-state index in [4.69, 9.17) is 33.9 Å². The van der Waals surface area contributed by atoms with Crippen LogP contribution in [0.5, 0.6) is 0 Å². The molecule has 4 aromatic rings. The van der Waals surface area contributed by atoms with Crippen molar-refractivity contribution in [1.29, 1.82) is 0 Å². The molecule has 0 aliphatic heterocycles. The maximum absolute atomic E-state index is 6.41. The van der Waals surface area contributed by atoms with Crippen molar-refractivity contribution in [3.8, 4) is 22.5 Å². The minimum Gasteiger partial charge on any atom is -0.341 e. The third-order valence-corrected chi connectivity index (χ3v) is 5.15. The van der Waals surface area contributed by atoms with Gasteiger partial charge in [-0.25, -0.2) is 4.98 Å². The van der Waals surface area contributed by atoms with Gasteiger partial charge in [-0.15, -0.1) is 0 Å². The number of nitrogens with one attached hydrogen (secondary N) is 1. The van der Waals surface area contributed by atoms with Crippen molar-refractivity contribution in [2.75, 3.05) is 0 Å². The van der Waals surface area contributed by atoms with Crippen molar-refractivity contribution in [3.05, 3.63) is 100 Å². The molecule has 0 spiro atoms. The van der Waals surface area contributed by atoms with Gasteiger partial charge in [0.15, 0.2) is 0 Å². The molecule has 1 aromatic heterocycles. The summed E-state index contributed by atoms with van der Waals surface area (Å²) in [7, 11) is 0.